The van der Waals surface area contributed by atoms with Crippen LogP contribution < -0.4 is 11.1 Å². The Morgan fingerprint density at radius 2 is 2.00 bits per heavy atom. The van der Waals surface area contributed by atoms with Crippen LogP contribution in [0.3, 0.4) is 0 Å². The van der Waals surface area contributed by atoms with Crippen LogP contribution in [0.5, 0.6) is 0 Å². The molecule has 1 aliphatic rings. The summed E-state index contributed by atoms with van der Waals surface area (Å²) in [4.78, 5) is 16.6. The zero-order valence-corrected chi connectivity index (χ0v) is 12.1. The number of carbonyl (C=O) groups is 1. The molecule has 0 atom stereocenters. The second-order valence-electron chi connectivity index (χ2n) is 5.69. The Morgan fingerprint density at radius 1 is 1.29 bits per heavy atom. The number of aryl methyl sites for hydroxylation is 1. The Labute approximate surface area is 124 Å². The van der Waals surface area contributed by atoms with Gasteiger partial charge in [0.2, 0.25) is 5.91 Å². The lowest BCUT2D eigenvalue weighted by atomic mass is 9.94. The summed E-state index contributed by atoms with van der Waals surface area (Å²) in [5.74, 6) is 0.0931. The number of nitrogens with zero attached hydrogens (tertiary/aromatic N) is 1. The summed E-state index contributed by atoms with van der Waals surface area (Å²) in [6, 6.07) is 9.57. The van der Waals surface area contributed by atoms with Crippen molar-refractivity contribution in [1.82, 2.24) is 10.3 Å². The van der Waals surface area contributed by atoms with Crippen LogP contribution in [0, 0.1) is 6.92 Å². The number of benzene rings is 1. The van der Waals surface area contributed by atoms with Crippen molar-refractivity contribution in [2.24, 2.45) is 0 Å². The molecule has 0 aliphatic heterocycles. The number of carbonyl (C=O) groups excluding carboxylic acids is 1. The standard InChI is InChI=1S/C17H19N3O/c1-12-6-9-19-10-13(12)11-20-16(21)17(7-8-17)14-2-4-15(18)5-3-14/h2-6,9-10H,7-8,11,18H2,1H3,(H,20,21). The number of nitrogen functional groups attached to an aromatic ring is 1. The molecule has 1 fully saturated rings. The van der Waals surface area contributed by atoms with Gasteiger partial charge in [0, 0.05) is 24.6 Å². The van der Waals surface area contributed by atoms with Crippen LogP contribution in [0.1, 0.15) is 29.5 Å². The molecule has 2 aromatic rings. The minimum absolute atomic E-state index is 0.0931. The van der Waals surface area contributed by atoms with Crippen LogP contribution in [0.2, 0.25) is 0 Å². The first-order valence-corrected chi connectivity index (χ1v) is 7.16. The molecule has 0 saturated heterocycles. The first-order valence-electron chi connectivity index (χ1n) is 7.16. The molecule has 4 nitrogen and oxygen atoms in total. The van der Waals surface area contributed by atoms with Gasteiger partial charge in [-0.15, -0.1) is 0 Å². The second kappa shape index (κ2) is 5.20. The Bertz CT molecular complexity index is 660. The van der Waals surface area contributed by atoms with Gasteiger partial charge in [-0.05, 0) is 54.7 Å². The van der Waals surface area contributed by atoms with E-state index in [1.165, 1.54) is 0 Å². The van der Waals surface area contributed by atoms with Crippen molar-refractivity contribution >= 4 is 11.6 Å². The number of hydrogen-bond donors (Lipinski definition) is 2. The summed E-state index contributed by atoms with van der Waals surface area (Å²) < 4.78 is 0. The fraction of sp³-hybridized carbons (Fsp3) is 0.294. The van der Waals surface area contributed by atoms with Crippen LogP contribution in [-0.2, 0) is 16.8 Å². The fourth-order valence-corrected chi connectivity index (χ4v) is 2.60. The van der Waals surface area contributed by atoms with Crippen molar-refractivity contribution in [3.63, 3.8) is 0 Å². The highest BCUT2D eigenvalue weighted by Crippen LogP contribution is 2.48. The van der Waals surface area contributed by atoms with Gasteiger partial charge in [0.15, 0.2) is 0 Å². The van der Waals surface area contributed by atoms with Crippen molar-refractivity contribution in [2.45, 2.75) is 31.7 Å². The molecular formula is C17H19N3O. The van der Waals surface area contributed by atoms with Gasteiger partial charge < -0.3 is 11.1 Å². The predicted molar refractivity (Wildman–Crippen MR) is 82.6 cm³/mol. The minimum atomic E-state index is -0.357. The molecule has 1 aromatic heterocycles. The molecule has 21 heavy (non-hydrogen) atoms. The van der Waals surface area contributed by atoms with E-state index >= 15 is 0 Å². The summed E-state index contributed by atoms with van der Waals surface area (Å²) in [5.41, 5.74) is 9.32. The topological polar surface area (TPSA) is 68.0 Å². The maximum Gasteiger partial charge on any atom is 0.230 e. The molecule has 4 heteroatoms. The summed E-state index contributed by atoms with van der Waals surface area (Å²) in [6.07, 6.45) is 5.36. The number of hydrogen-bond acceptors (Lipinski definition) is 3. The van der Waals surface area contributed by atoms with E-state index in [-0.39, 0.29) is 11.3 Å². The molecule has 3 N–H and O–H groups in total. The van der Waals surface area contributed by atoms with Gasteiger partial charge in [0.05, 0.1) is 5.41 Å². The molecule has 0 spiro atoms. The average Bonchev–Trinajstić information content (AvgIpc) is 3.28. The average molecular weight is 281 g/mol. The van der Waals surface area contributed by atoms with Gasteiger partial charge in [-0.25, -0.2) is 0 Å². The van der Waals surface area contributed by atoms with E-state index in [0.29, 0.717) is 6.54 Å². The maximum atomic E-state index is 12.5. The van der Waals surface area contributed by atoms with Crippen LogP contribution in [-0.4, -0.2) is 10.9 Å². The first kappa shape index (κ1) is 13.6. The monoisotopic (exact) mass is 281 g/mol. The molecule has 1 saturated carbocycles. The van der Waals surface area contributed by atoms with Crippen LogP contribution in [0.25, 0.3) is 0 Å². The molecule has 0 bridgehead atoms. The normalized spacial score (nSPS) is 15.5. The quantitative estimate of drug-likeness (QED) is 0.845. The number of rotatable bonds is 4. The van der Waals surface area contributed by atoms with Crippen LogP contribution in [0.4, 0.5) is 5.69 Å². The van der Waals surface area contributed by atoms with E-state index in [4.69, 9.17) is 5.73 Å². The van der Waals surface area contributed by atoms with Crippen molar-refractivity contribution in [3.05, 3.63) is 59.4 Å². The van der Waals surface area contributed by atoms with E-state index in [0.717, 1.165) is 35.2 Å². The second-order valence-corrected chi connectivity index (χ2v) is 5.69. The number of anilines is 1. The summed E-state index contributed by atoms with van der Waals surface area (Å²) >= 11 is 0. The first-order chi connectivity index (χ1) is 10.1. The highest BCUT2D eigenvalue weighted by Gasteiger charge is 2.51. The van der Waals surface area contributed by atoms with Gasteiger partial charge >= 0.3 is 0 Å². The Morgan fingerprint density at radius 3 is 2.62 bits per heavy atom. The number of pyridine rings is 1. The predicted octanol–water partition coefficient (Wildman–Crippen LogP) is 2.32. The van der Waals surface area contributed by atoms with Crippen molar-refractivity contribution in [1.29, 1.82) is 0 Å². The SMILES string of the molecule is Cc1ccncc1CNC(=O)C1(c2ccc(N)cc2)CC1. The molecule has 1 aliphatic carbocycles. The van der Waals surface area contributed by atoms with E-state index < -0.39 is 0 Å². The molecule has 1 heterocycles. The fourth-order valence-electron chi connectivity index (χ4n) is 2.60. The summed E-state index contributed by atoms with van der Waals surface area (Å²) in [7, 11) is 0. The zero-order valence-electron chi connectivity index (χ0n) is 12.1. The Balaban J connectivity index is 1.71. The largest absolute Gasteiger partial charge is 0.399 e. The van der Waals surface area contributed by atoms with Crippen LogP contribution in [0.15, 0.2) is 42.7 Å². The van der Waals surface area contributed by atoms with Crippen LogP contribution >= 0.6 is 0 Å². The molecule has 0 unspecified atom stereocenters. The summed E-state index contributed by atoms with van der Waals surface area (Å²) in [6.45, 7) is 2.55. The van der Waals surface area contributed by atoms with Gasteiger partial charge in [-0.3, -0.25) is 9.78 Å². The lowest BCUT2D eigenvalue weighted by Crippen LogP contribution is -2.34. The Kier molecular flexibility index (Phi) is 3.37. The molecular weight excluding hydrogens is 262 g/mol. The van der Waals surface area contributed by atoms with Gasteiger partial charge in [0.1, 0.15) is 0 Å². The highest BCUT2D eigenvalue weighted by molar-refractivity contribution is 5.91. The number of nitrogens with one attached hydrogen (secondary N) is 1. The van der Waals surface area contributed by atoms with Gasteiger partial charge in [-0.2, -0.15) is 0 Å². The lowest BCUT2D eigenvalue weighted by Gasteiger charge is -2.16. The molecule has 0 radical (unpaired) electrons. The van der Waals surface area contributed by atoms with E-state index in [1.807, 2.05) is 37.3 Å². The molecule has 1 aromatic carbocycles. The van der Waals surface area contributed by atoms with Crippen molar-refractivity contribution in [3.8, 4) is 0 Å². The lowest BCUT2D eigenvalue weighted by molar-refractivity contribution is -0.123. The zero-order chi connectivity index (χ0) is 14.9. The highest BCUT2D eigenvalue weighted by atomic mass is 16.2. The van der Waals surface area contributed by atoms with E-state index in [1.54, 1.807) is 12.4 Å². The third-order valence-corrected chi connectivity index (χ3v) is 4.23. The van der Waals surface area contributed by atoms with E-state index in [9.17, 15) is 4.79 Å². The molecule has 3 rings (SSSR count). The number of amides is 1. The van der Waals surface area contributed by atoms with Gasteiger partial charge in [-0.1, -0.05) is 12.1 Å². The molecule has 1 amide bonds. The minimum Gasteiger partial charge on any atom is -0.399 e. The maximum absolute atomic E-state index is 12.5. The van der Waals surface area contributed by atoms with E-state index in [2.05, 4.69) is 10.3 Å². The number of aromatic nitrogens is 1. The summed E-state index contributed by atoms with van der Waals surface area (Å²) in [5, 5.41) is 3.05. The third kappa shape index (κ3) is 2.61. The molecule has 108 valence electrons. The van der Waals surface area contributed by atoms with Crippen molar-refractivity contribution in [2.75, 3.05) is 5.73 Å². The number of nitrogens with two attached hydrogens (primary N) is 1. The Hall–Kier alpha value is -2.36. The van der Waals surface area contributed by atoms with Gasteiger partial charge in [0.25, 0.3) is 0 Å². The smallest absolute Gasteiger partial charge is 0.230 e. The third-order valence-electron chi connectivity index (χ3n) is 4.23. The van der Waals surface area contributed by atoms with Crippen molar-refractivity contribution < 1.29 is 4.79 Å².